The molecule has 0 aliphatic rings. The highest BCUT2D eigenvalue weighted by atomic mass is 35.5. The topological polar surface area (TPSA) is 80.6 Å². The highest BCUT2D eigenvalue weighted by Crippen LogP contribution is 2.28. The van der Waals surface area contributed by atoms with Crippen molar-refractivity contribution in [2.45, 2.75) is 25.2 Å². The van der Waals surface area contributed by atoms with Crippen LogP contribution in [0.1, 0.15) is 5.56 Å². The van der Waals surface area contributed by atoms with Gasteiger partial charge >= 0.3 is 18.5 Å². The fourth-order valence-corrected chi connectivity index (χ4v) is 2.86. The maximum atomic E-state index is 13.1. The first-order chi connectivity index (χ1) is 16.3. The molecule has 1 N–H and O–H groups in total. The summed E-state index contributed by atoms with van der Waals surface area (Å²) in [7, 11) is 0. The lowest BCUT2D eigenvalue weighted by Gasteiger charge is -2.26. The first kappa shape index (κ1) is 26.2. The summed E-state index contributed by atoms with van der Waals surface area (Å²) in [5.74, 6) is -1.58. The standard InChI is InChI=1S/C20H14ClF7N4O3/c21-16-29-17(31-18(30-16)34-13-6-4-12(22)5-7-13)32(10-15(33)19(23,24)25)9-11-2-1-3-14(8-11)35-20(26,27)28/h1-8,15,33H,9-10H2/t15-/m1/s1. The van der Waals surface area contributed by atoms with E-state index in [1.165, 1.54) is 24.3 Å². The van der Waals surface area contributed by atoms with Gasteiger partial charge in [-0.05, 0) is 53.6 Å². The van der Waals surface area contributed by atoms with E-state index in [2.05, 4.69) is 19.7 Å². The average Bonchev–Trinajstić information content (AvgIpc) is 2.73. The van der Waals surface area contributed by atoms with E-state index in [0.717, 1.165) is 29.2 Å². The van der Waals surface area contributed by atoms with E-state index in [4.69, 9.17) is 16.3 Å². The SMILES string of the molecule is O[C@H](CN(Cc1cccc(OC(F)(F)F)c1)c1nc(Cl)nc(Oc2ccc(F)cc2)n1)C(F)(F)F. The first-order valence-electron chi connectivity index (χ1n) is 9.48. The lowest BCUT2D eigenvalue weighted by atomic mass is 10.2. The third-order valence-electron chi connectivity index (χ3n) is 4.16. The van der Waals surface area contributed by atoms with E-state index in [1.807, 2.05) is 0 Å². The van der Waals surface area contributed by atoms with Gasteiger partial charge in [0.15, 0.2) is 6.10 Å². The van der Waals surface area contributed by atoms with Crippen molar-refractivity contribution < 1.29 is 45.3 Å². The number of aromatic nitrogens is 3. The number of rotatable bonds is 8. The highest BCUT2D eigenvalue weighted by Gasteiger charge is 2.40. The number of anilines is 1. The van der Waals surface area contributed by atoms with Crippen LogP contribution in [0.15, 0.2) is 48.5 Å². The summed E-state index contributed by atoms with van der Waals surface area (Å²) in [5, 5.41) is 9.10. The predicted octanol–water partition coefficient (Wildman–Crippen LogP) is 5.28. The molecule has 15 heteroatoms. The van der Waals surface area contributed by atoms with E-state index in [-0.39, 0.29) is 11.3 Å². The Hall–Kier alpha value is -3.39. The normalized spacial score (nSPS) is 12.8. The number of aliphatic hydroxyl groups is 1. The molecule has 0 saturated heterocycles. The Morgan fingerprint density at radius 3 is 2.26 bits per heavy atom. The number of nitrogens with zero attached hydrogens (tertiary/aromatic N) is 4. The molecule has 0 aliphatic carbocycles. The van der Waals surface area contributed by atoms with E-state index >= 15 is 0 Å². The largest absolute Gasteiger partial charge is 0.573 e. The molecule has 3 rings (SSSR count). The summed E-state index contributed by atoms with van der Waals surface area (Å²) < 4.78 is 98.9. The third kappa shape index (κ3) is 8.10. The quantitative estimate of drug-likeness (QED) is 0.400. The molecule has 35 heavy (non-hydrogen) atoms. The second-order valence-corrected chi connectivity index (χ2v) is 7.21. The van der Waals surface area contributed by atoms with Gasteiger partial charge in [-0.15, -0.1) is 13.2 Å². The average molecular weight is 527 g/mol. The van der Waals surface area contributed by atoms with Crippen molar-refractivity contribution in [2.75, 3.05) is 11.4 Å². The van der Waals surface area contributed by atoms with Gasteiger partial charge < -0.3 is 19.5 Å². The van der Waals surface area contributed by atoms with Crippen LogP contribution in [0, 0.1) is 5.82 Å². The van der Waals surface area contributed by atoms with Crippen LogP contribution >= 0.6 is 11.6 Å². The predicted molar refractivity (Wildman–Crippen MR) is 108 cm³/mol. The van der Waals surface area contributed by atoms with E-state index in [1.54, 1.807) is 0 Å². The van der Waals surface area contributed by atoms with Gasteiger partial charge in [-0.3, -0.25) is 0 Å². The molecule has 2 aromatic carbocycles. The molecule has 0 unspecified atom stereocenters. The van der Waals surface area contributed by atoms with Crippen molar-refractivity contribution in [1.82, 2.24) is 15.0 Å². The van der Waals surface area contributed by atoms with Crippen molar-refractivity contribution in [3.05, 3.63) is 65.2 Å². The number of halogens is 8. The molecule has 1 atom stereocenters. The van der Waals surface area contributed by atoms with Crippen LogP contribution in [0.5, 0.6) is 17.5 Å². The fraction of sp³-hybridized carbons (Fsp3) is 0.250. The van der Waals surface area contributed by atoms with Gasteiger partial charge in [0.05, 0.1) is 6.54 Å². The fourth-order valence-electron chi connectivity index (χ4n) is 2.71. The van der Waals surface area contributed by atoms with Crippen LogP contribution in [0.4, 0.5) is 36.7 Å². The number of benzene rings is 2. The number of aliphatic hydroxyl groups excluding tert-OH is 1. The first-order valence-corrected chi connectivity index (χ1v) is 9.86. The molecular formula is C20H14ClF7N4O3. The third-order valence-corrected chi connectivity index (χ3v) is 4.33. The van der Waals surface area contributed by atoms with Gasteiger partial charge in [-0.25, -0.2) is 4.39 Å². The van der Waals surface area contributed by atoms with Gasteiger partial charge in [-0.1, -0.05) is 12.1 Å². The molecule has 0 aliphatic heterocycles. The molecule has 1 heterocycles. The molecule has 7 nitrogen and oxygen atoms in total. The Bertz CT molecular complexity index is 1150. The molecule has 0 saturated carbocycles. The molecule has 188 valence electrons. The van der Waals surface area contributed by atoms with Crippen LogP contribution in [-0.4, -0.2) is 45.2 Å². The van der Waals surface area contributed by atoms with E-state index in [0.29, 0.717) is 0 Å². The number of hydrogen-bond acceptors (Lipinski definition) is 7. The van der Waals surface area contributed by atoms with Gasteiger partial charge in [0.25, 0.3) is 0 Å². The van der Waals surface area contributed by atoms with Crippen LogP contribution in [0.25, 0.3) is 0 Å². The van der Waals surface area contributed by atoms with Crippen molar-refractivity contribution in [3.63, 3.8) is 0 Å². The van der Waals surface area contributed by atoms with Crippen LogP contribution in [0.3, 0.4) is 0 Å². The zero-order chi connectivity index (χ0) is 25.8. The maximum absolute atomic E-state index is 13.1. The zero-order valence-corrected chi connectivity index (χ0v) is 17.9. The molecule has 3 aromatic rings. The summed E-state index contributed by atoms with van der Waals surface area (Å²) in [6.07, 6.45) is -12.9. The van der Waals surface area contributed by atoms with Crippen molar-refractivity contribution in [2.24, 2.45) is 0 Å². The van der Waals surface area contributed by atoms with Crippen molar-refractivity contribution in [1.29, 1.82) is 0 Å². The van der Waals surface area contributed by atoms with E-state index in [9.17, 15) is 35.8 Å². The van der Waals surface area contributed by atoms with Crippen LogP contribution in [-0.2, 0) is 6.54 Å². The minimum absolute atomic E-state index is 0.0680. The Balaban J connectivity index is 1.93. The van der Waals surface area contributed by atoms with Gasteiger partial charge in [0, 0.05) is 6.54 Å². The minimum Gasteiger partial charge on any atom is -0.424 e. The summed E-state index contributed by atoms with van der Waals surface area (Å²) in [6.45, 7) is -1.59. The van der Waals surface area contributed by atoms with E-state index < -0.39 is 60.5 Å². The lowest BCUT2D eigenvalue weighted by molar-refractivity contribution is -0.274. The Kier molecular flexibility index (Phi) is 7.85. The summed E-state index contributed by atoms with van der Waals surface area (Å²) >= 11 is 5.85. The molecule has 0 spiro atoms. The van der Waals surface area contributed by atoms with Crippen LogP contribution < -0.4 is 14.4 Å². The second-order valence-electron chi connectivity index (χ2n) is 6.88. The molecule has 0 fully saturated rings. The van der Waals surface area contributed by atoms with Gasteiger partial charge in [0.1, 0.15) is 17.3 Å². The van der Waals surface area contributed by atoms with Gasteiger partial charge in [0.2, 0.25) is 11.2 Å². The Labute approximate surface area is 197 Å². The summed E-state index contributed by atoms with van der Waals surface area (Å²) in [6, 6.07) is 8.58. The number of alkyl halides is 6. The minimum atomic E-state index is -5.02. The maximum Gasteiger partial charge on any atom is 0.573 e. The smallest absolute Gasteiger partial charge is 0.424 e. The Morgan fingerprint density at radius 1 is 0.943 bits per heavy atom. The van der Waals surface area contributed by atoms with Crippen LogP contribution in [0.2, 0.25) is 5.28 Å². The number of hydrogen-bond donors (Lipinski definition) is 1. The molecule has 0 radical (unpaired) electrons. The molecule has 0 bridgehead atoms. The highest BCUT2D eigenvalue weighted by molar-refractivity contribution is 6.28. The molecule has 0 amide bonds. The zero-order valence-electron chi connectivity index (χ0n) is 17.2. The molecular weight excluding hydrogens is 513 g/mol. The number of ether oxygens (including phenoxy) is 2. The second kappa shape index (κ2) is 10.5. The molecule has 1 aromatic heterocycles. The van der Waals surface area contributed by atoms with Crippen molar-refractivity contribution in [3.8, 4) is 17.5 Å². The van der Waals surface area contributed by atoms with Gasteiger partial charge in [-0.2, -0.15) is 28.1 Å². The Morgan fingerprint density at radius 2 is 1.63 bits per heavy atom. The summed E-state index contributed by atoms with van der Waals surface area (Å²) in [5.41, 5.74) is 0.0682. The monoisotopic (exact) mass is 526 g/mol. The summed E-state index contributed by atoms with van der Waals surface area (Å²) in [4.78, 5) is 12.1. The van der Waals surface area contributed by atoms with Crippen molar-refractivity contribution >= 4 is 17.5 Å². The lowest BCUT2D eigenvalue weighted by Crippen LogP contribution is -2.41.